The van der Waals surface area contributed by atoms with Crippen LogP contribution in [-0.4, -0.2) is 52.6 Å². The van der Waals surface area contributed by atoms with E-state index < -0.39 is 0 Å². The molecule has 0 radical (unpaired) electrons. The molecule has 8 heteroatoms. The maximum Gasteiger partial charge on any atom is 0.254 e. The average molecular weight is 365 g/mol. The fraction of sp³-hybridized carbons (Fsp3) is 0.368. The van der Waals surface area contributed by atoms with Gasteiger partial charge < -0.3 is 15.6 Å². The van der Waals surface area contributed by atoms with Crippen LogP contribution in [0.1, 0.15) is 24.0 Å². The number of piperazine rings is 1. The summed E-state index contributed by atoms with van der Waals surface area (Å²) in [4.78, 5) is 27.5. The summed E-state index contributed by atoms with van der Waals surface area (Å²) in [5, 5.41) is 8.83. The van der Waals surface area contributed by atoms with Gasteiger partial charge in [0.05, 0.1) is 11.9 Å². The highest BCUT2D eigenvalue weighted by Gasteiger charge is 2.17. The van der Waals surface area contributed by atoms with Crippen LogP contribution < -0.4 is 16.2 Å². The van der Waals surface area contributed by atoms with Gasteiger partial charge in [-0.15, -0.1) is 0 Å². The fourth-order valence-corrected chi connectivity index (χ4v) is 3.04. The molecule has 0 amide bonds. The van der Waals surface area contributed by atoms with E-state index >= 15 is 0 Å². The molecule has 2 aromatic heterocycles. The summed E-state index contributed by atoms with van der Waals surface area (Å²) in [6, 6.07) is 5.69. The number of hydrogen-bond acceptors (Lipinski definition) is 7. The molecule has 0 bridgehead atoms. The van der Waals surface area contributed by atoms with Gasteiger partial charge in [-0.2, -0.15) is 5.26 Å². The average Bonchev–Trinajstić information content (AvgIpc) is 2.69. The standard InChI is InChI=1S/C19H23N7O/c1-2-14-11-23-18(24-19(14)27)9-15(21)13-25-5-7-26(8-6-25)17-4-3-16(10-20)22-12-17/h3-4,9,11-12H,2,5-8,13,21H2,1H3,(H,23,24,27)/b15-9-. The Morgan fingerprint density at radius 3 is 2.67 bits per heavy atom. The van der Waals surface area contributed by atoms with Gasteiger partial charge in [0.25, 0.3) is 5.56 Å². The molecule has 1 aliphatic heterocycles. The van der Waals surface area contributed by atoms with E-state index in [0.29, 0.717) is 35.7 Å². The van der Waals surface area contributed by atoms with Crippen LogP contribution in [-0.2, 0) is 6.42 Å². The third-order valence-electron chi connectivity index (χ3n) is 4.60. The topological polar surface area (TPSA) is 115 Å². The molecule has 3 N–H and O–H groups in total. The molecule has 1 fully saturated rings. The maximum absolute atomic E-state index is 11.8. The normalized spacial score (nSPS) is 15.6. The van der Waals surface area contributed by atoms with Gasteiger partial charge in [-0.05, 0) is 18.6 Å². The van der Waals surface area contributed by atoms with Crippen molar-refractivity contribution in [3.05, 3.63) is 57.7 Å². The molecule has 0 aromatic carbocycles. The lowest BCUT2D eigenvalue weighted by atomic mass is 10.2. The second kappa shape index (κ2) is 8.47. The second-order valence-corrected chi connectivity index (χ2v) is 6.47. The van der Waals surface area contributed by atoms with Gasteiger partial charge >= 0.3 is 0 Å². The minimum atomic E-state index is -0.115. The summed E-state index contributed by atoms with van der Waals surface area (Å²) in [7, 11) is 0. The van der Waals surface area contributed by atoms with Crippen LogP contribution in [0.2, 0.25) is 0 Å². The van der Waals surface area contributed by atoms with E-state index in [-0.39, 0.29) is 5.56 Å². The lowest BCUT2D eigenvalue weighted by molar-refractivity contribution is 0.278. The van der Waals surface area contributed by atoms with Crippen molar-refractivity contribution in [1.82, 2.24) is 19.9 Å². The van der Waals surface area contributed by atoms with Crippen LogP contribution in [0.25, 0.3) is 6.08 Å². The summed E-state index contributed by atoms with van der Waals surface area (Å²) in [5.41, 5.74) is 8.80. The van der Waals surface area contributed by atoms with Crippen molar-refractivity contribution < 1.29 is 0 Å². The number of rotatable bonds is 5. The Morgan fingerprint density at radius 1 is 1.30 bits per heavy atom. The van der Waals surface area contributed by atoms with Crippen LogP contribution in [0.5, 0.6) is 0 Å². The van der Waals surface area contributed by atoms with Crippen molar-refractivity contribution in [2.75, 3.05) is 37.6 Å². The number of anilines is 1. The minimum Gasteiger partial charge on any atom is -0.401 e. The second-order valence-electron chi connectivity index (χ2n) is 6.47. The number of pyridine rings is 1. The highest BCUT2D eigenvalue weighted by atomic mass is 16.1. The Morgan fingerprint density at radius 2 is 2.07 bits per heavy atom. The third-order valence-corrected chi connectivity index (χ3v) is 4.60. The molecule has 3 rings (SSSR count). The number of nitrogens with one attached hydrogen (secondary N) is 1. The molecule has 3 heterocycles. The zero-order valence-electron chi connectivity index (χ0n) is 15.4. The molecular formula is C19H23N7O. The van der Waals surface area contributed by atoms with E-state index in [2.05, 4.69) is 24.8 Å². The predicted molar refractivity (Wildman–Crippen MR) is 104 cm³/mol. The molecule has 8 nitrogen and oxygen atoms in total. The zero-order chi connectivity index (χ0) is 19.2. The number of nitrogens with two attached hydrogens (primary N) is 1. The van der Waals surface area contributed by atoms with Crippen LogP contribution in [0.3, 0.4) is 0 Å². The van der Waals surface area contributed by atoms with E-state index in [9.17, 15) is 4.79 Å². The van der Waals surface area contributed by atoms with Gasteiger partial charge in [0.1, 0.15) is 17.6 Å². The van der Waals surface area contributed by atoms with Crippen LogP contribution in [0.15, 0.2) is 35.0 Å². The Kier molecular flexibility index (Phi) is 5.84. The molecule has 0 atom stereocenters. The van der Waals surface area contributed by atoms with Crippen molar-refractivity contribution in [2.24, 2.45) is 5.73 Å². The number of hydrogen-bond donors (Lipinski definition) is 2. The molecule has 0 spiro atoms. The lowest BCUT2D eigenvalue weighted by Crippen LogP contribution is -2.47. The summed E-state index contributed by atoms with van der Waals surface area (Å²) >= 11 is 0. The van der Waals surface area contributed by atoms with Crippen molar-refractivity contribution in [3.63, 3.8) is 0 Å². The van der Waals surface area contributed by atoms with E-state index in [1.807, 2.05) is 19.1 Å². The third kappa shape index (κ3) is 4.71. The summed E-state index contributed by atoms with van der Waals surface area (Å²) in [6.45, 7) is 6.01. The summed E-state index contributed by atoms with van der Waals surface area (Å²) in [6.07, 6.45) is 5.71. The highest BCUT2D eigenvalue weighted by Crippen LogP contribution is 2.15. The van der Waals surface area contributed by atoms with E-state index in [4.69, 9.17) is 11.0 Å². The van der Waals surface area contributed by atoms with Gasteiger partial charge in [-0.25, -0.2) is 9.97 Å². The molecular weight excluding hydrogens is 342 g/mol. The number of aromatic amines is 1. The highest BCUT2D eigenvalue weighted by molar-refractivity contribution is 5.47. The molecule has 0 unspecified atom stereocenters. The maximum atomic E-state index is 11.8. The van der Waals surface area contributed by atoms with Gasteiger partial charge in [0.2, 0.25) is 0 Å². The first-order chi connectivity index (χ1) is 13.1. The monoisotopic (exact) mass is 365 g/mol. The Labute approximate surface area is 158 Å². The van der Waals surface area contributed by atoms with Crippen LogP contribution in [0.4, 0.5) is 5.69 Å². The first kappa shape index (κ1) is 18.6. The molecule has 2 aromatic rings. The van der Waals surface area contributed by atoms with Crippen molar-refractivity contribution >= 4 is 11.8 Å². The molecule has 0 aliphatic carbocycles. The van der Waals surface area contributed by atoms with Crippen molar-refractivity contribution in [2.45, 2.75) is 13.3 Å². The van der Waals surface area contributed by atoms with Crippen molar-refractivity contribution in [1.29, 1.82) is 5.26 Å². The number of nitriles is 1. The Hall–Kier alpha value is -3.18. The first-order valence-electron chi connectivity index (χ1n) is 8.96. The molecule has 1 saturated heterocycles. The van der Waals surface area contributed by atoms with Crippen LogP contribution >= 0.6 is 0 Å². The number of aryl methyl sites for hydroxylation is 1. The number of H-pyrrole nitrogens is 1. The predicted octanol–water partition coefficient (Wildman–Crippen LogP) is 0.721. The number of aromatic nitrogens is 3. The van der Waals surface area contributed by atoms with E-state index in [0.717, 1.165) is 31.9 Å². The van der Waals surface area contributed by atoms with Crippen LogP contribution in [0, 0.1) is 11.3 Å². The minimum absolute atomic E-state index is 0.115. The van der Waals surface area contributed by atoms with Gasteiger partial charge in [-0.1, -0.05) is 6.92 Å². The van der Waals surface area contributed by atoms with E-state index in [1.54, 1.807) is 24.5 Å². The SMILES string of the molecule is CCc1cnc(/C=C(\N)CN2CCN(c3ccc(C#N)nc3)CC2)[nH]c1=O. The molecule has 1 aliphatic rings. The lowest BCUT2D eigenvalue weighted by Gasteiger charge is -2.35. The molecule has 140 valence electrons. The first-order valence-corrected chi connectivity index (χ1v) is 8.96. The molecule has 27 heavy (non-hydrogen) atoms. The van der Waals surface area contributed by atoms with E-state index in [1.165, 1.54) is 0 Å². The van der Waals surface area contributed by atoms with Crippen molar-refractivity contribution in [3.8, 4) is 6.07 Å². The van der Waals surface area contributed by atoms with Gasteiger partial charge in [-0.3, -0.25) is 9.69 Å². The smallest absolute Gasteiger partial charge is 0.254 e. The zero-order valence-corrected chi connectivity index (χ0v) is 15.4. The Balaban J connectivity index is 1.56. The quantitative estimate of drug-likeness (QED) is 0.802. The fourth-order valence-electron chi connectivity index (χ4n) is 3.04. The number of nitrogens with zero attached hydrogens (tertiary/aromatic N) is 5. The molecule has 0 saturated carbocycles. The Bertz CT molecular complexity index is 903. The van der Waals surface area contributed by atoms with Gasteiger partial charge in [0.15, 0.2) is 0 Å². The summed E-state index contributed by atoms with van der Waals surface area (Å²) < 4.78 is 0. The summed E-state index contributed by atoms with van der Waals surface area (Å²) in [5.74, 6) is 0.483. The van der Waals surface area contributed by atoms with Gasteiger partial charge in [0, 0.05) is 56.3 Å². The largest absolute Gasteiger partial charge is 0.401 e.